The van der Waals surface area contributed by atoms with Gasteiger partial charge in [-0.3, -0.25) is 19.8 Å². The maximum Gasteiger partial charge on any atom is 0.331 e. The Morgan fingerprint density at radius 3 is 2.50 bits per heavy atom. The van der Waals surface area contributed by atoms with E-state index in [0.717, 1.165) is 11.3 Å². The van der Waals surface area contributed by atoms with Gasteiger partial charge in [0.05, 0.1) is 0 Å². The molecular formula is C8H12N2O4. The van der Waals surface area contributed by atoms with Crippen molar-refractivity contribution in [3.05, 3.63) is 0 Å². The third-order valence-electron chi connectivity index (χ3n) is 1.89. The Morgan fingerprint density at radius 1 is 1.29 bits per heavy atom. The van der Waals surface area contributed by atoms with Crippen LogP contribution in [0.25, 0.3) is 0 Å². The van der Waals surface area contributed by atoms with E-state index in [1.165, 1.54) is 0 Å². The molecule has 0 aromatic heterocycles. The molecule has 4 amide bonds. The van der Waals surface area contributed by atoms with E-state index < -0.39 is 17.8 Å². The number of amides is 4. The van der Waals surface area contributed by atoms with Gasteiger partial charge in [0.25, 0.3) is 0 Å². The van der Waals surface area contributed by atoms with Crippen molar-refractivity contribution in [3.63, 3.8) is 0 Å². The third-order valence-corrected chi connectivity index (χ3v) is 1.89. The molecule has 0 unspecified atom stereocenters. The van der Waals surface area contributed by atoms with Crippen LogP contribution in [0.5, 0.6) is 0 Å². The topological polar surface area (TPSA) is 75.7 Å². The highest BCUT2D eigenvalue weighted by Crippen LogP contribution is 2.02. The molecule has 1 saturated heterocycles. The number of nitrogens with one attached hydrogen (secondary N) is 1. The molecule has 0 aromatic carbocycles. The summed E-state index contributed by atoms with van der Waals surface area (Å²) in [6.45, 7) is 0.845. The molecule has 1 fully saturated rings. The predicted molar refractivity (Wildman–Crippen MR) is 46.4 cm³/mol. The first kappa shape index (κ1) is 10.6. The van der Waals surface area contributed by atoms with Crippen LogP contribution in [0.1, 0.15) is 12.8 Å². The van der Waals surface area contributed by atoms with Crippen molar-refractivity contribution < 1.29 is 19.1 Å². The summed E-state index contributed by atoms with van der Waals surface area (Å²) in [4.78, 5) is 33.7. The predicted octanol–water partition coefficient (Wildman–Crippen LogP) is -0.509. The Morgan fingerprint density at radius 2 is 2.00 bits per heavy atom. The fourth-order valence-corrected chi connectivity index (χ4v) is 1.15. The number of urea groups is 1. The average molecular weight is 200 g/mol. The zero-order valence-corrected chi connectivity index (χ0v) is 7.91. The molecule has 1 rings (SSSR count). The van der Waals surface area contributed by atoms with Crippen molar-refractivity contribution in [1.82, 2.24) is 10.2 Å². The van der Waals surface area contributed by atoms with Gasteiger partial charge < -0.3 is 4.74 Å². The van der Waals surface area contributed by atoms with Crippen LogP contribution in [0.15, 0.2) is 0 Å². The summed E-state index contributed by atoms with van der Waals surface area (Å²) in [5.74, 6) is -1.62. The fraction of sp³-hybridized carbons (Fsp3) is 0.625. The number of imide groups is 2. The smallest absolute Gasteiger partial charge is 0.331 e. The molecule has 78 valence electrons. The highest BCUT2D eigenvalue weighted by molar-refractivity contribution is 6.44. The van der Waals surface area contributed by atoms with Crippen LogP contribution in [0.4, 0.5) is 4.79 Å². The second kappa shape index (κ2) is 4.71. The summed E-state index contributed by atoms with van der Waals surface area (Å²) in [6, 6.07) is -0.627. The lowest BCUT2D eigenvalue weighted by Crippen LogP contribution is -2.32. The molecule has 0 aromatic rings. The molecule has 0 radical (unpaired) electrons. The molecule has 0 spiro atoms. The Balaban J connectivity index is 2.33. The van der Waals surface area contributed by atoms with Gasteiger partial charge >= 0.3 is 17.8 Å². The number of carbonyl (C=O) groups is 3. The van der Waals surface area contributed by atoms with Crippen LogP contribution in [0.3, 0.4) is 0 Å². The fourth-order valence-electron chi connectivity index (χ4n) is 1.15. The van der Waals surface area contributed by atoms with Crippen LogP contribution in [-0.4, -0.2) is 43.0 Å². The van der Waals surface area contributed by atoms with Gasteiger partial charge in [0.1, 0.15) is 0 Å². The van der Waals surface area contributed by atoms with E-state index in [9.17, 15) is 14.4 Å². The van der Waals surface area contributed by atoms with E-state index in [1.807, 2.05) is 5.32 Å². The number of methoxy groups -OCH3 is 1. The maximum atomic E-state index is 11.0. The summed E-state index contributed by atoms with van der Waals surface area (Å²) in [6.07, 6.45) is 1.39. The lowest BCUT2D eigenvalue weighted by molar-refractivity contribution is -0.140. The van der Waals surface area contributed by atoms with Gasteiger partial charge in [0.2, 0.25) is 0 Å². The number of rotatable bonds is 5. The summed E-state index contributed by atoms with van der Waals surface area (Å²) in [5.41, 5.74) is 0. The van der Waals surface area contributed by atoms with E-state index in [4.69, 9.17) is 4.74 Å². The molecule has 1 aliphatic rings. The second-order valence-electron chi connectivity index (χ2n) is 2.92. The Hall–Kier alpha value is -1.43. The average Bonchev–Trinajstić information content (AvgIpc) is 2.38. The molecule has 6 nitrogen and oxygen atoms in total. The van der Waals surface area contributed by atoms with E-state index in [2.05, 4.69) is 0 Å². The first-order valence-electron chi connectivity index (χ1n) is 4.32. The first-order chi connectivity index (χ1) is 6.66. The van der Waals surface area contributed by atoms with E-state index in [0.29, 0.717) is 13.0 Å². The zero-order chi connectivity index (χ0) is 10.6. The lowest BCUT2D eigenvalue weighted by Gasteiger charge is -2.09. The van der Waals surface area contributed by atoms with E-state index in [-0.39, 0.29) is 6.54 Å². The number of carbonyl (C=O) groups excluding carboxylic acids is 3. The van der Waals surface area contributed by atoms with Gasteiger partial charge in [0.15, 0.2) is 0 Å². The Bertz CT molecular complexity index is 264. The molecule has 0 aliphatic carbocycles. The summed E-state index contributed by atoms with van der Waals surface area (Å²) < 4.78 is 4.81. The summed E-state index contributed by atoms with van der Waals surface area (Å²) in [7, 11) is 1.58. The second-order valence-corrected chi connectivity index (χ2v) is 2.92. The van der Waals surface area contributed by atoms with Crippen molar-refractivity contribution in [2.45, 2.75) is 12.8 Å². The third kappa shape index (κ3) is 2.29. The standard InChI is InChI=1S/C8H12N2O4/c1-14-5-3-2-4-10-7(12)6(11)9-8(10)13/h2-5H2,1H3,(H,9,11,13). The molecule has 6 heteroatoms. The maximum absolute atomic E-state index is 11.0. The Kier molecular flexibility index (Phi) is 3.58. The molecule has 1 N–H and O–H groups in total. The van der Waals surface area contributed by atoms with Crippen LogP contribution in [0, 0.1) is 0 Å². The van der Waals surface area contributed by atoms with Crippen molar-refractivity contribution in [3.8, 4) is 0 Å². The van der Waals surface area contributed by atoms with E-state index in [1.54, 1.807) is 7.11 Å². The van der Waals surface area contributed by atoms with E-state index >= 15 is 0 Å². The summed E-state index contributed by atoms with van der Waals surface area (Å²) in [5, 5.41) is 1.92. The van der Waals surface area contributed by atoms with Crippen LogP contribution in [0.2, 0.25) is 0 Å². The van der Waals surface area contributed by atoms with Gasteiger partial charge in [-0.05, 0) is 12.8 Å². The van der Waals surface area contributed by atoms with Crippen molar-refractivity contribution >= 4 is 17.8 Å². The highest BCUT2D eigenvalue weighted by atomic mass is 16.5. The normalized spacial score (nSPS) is 16.4. The van der Waals surface area contributed by atoms with Gasteiger partial charge in [-0.25, -0.2) is 4.79 Å². The molecule has 0 atom stereocenters. The Labute approximate surface area is 81.2 Å². The van der Waals surface area contributed by atoms with Gasteiger partial charge in [0, 0.05) is 20.3 Å². The minimum atomic E-state index is -0.846. The SMILES string of the molecule is COCCCCN1C(=O)NC(=O)C1=O. The van der Waals surface area contributed by atoms with Crippen LogP contribution < -0.4 is 5.32 Å². The zero-order valence-electron chi connectivity index (χ0n) is 7.91. The molecule has 0 saturated carbocycles. The number of hydrogen-bond donors (Lipinski definition) is 1. The molecule has 1 aliphatic heterocycles. The monoisotopic (exact) mass is 200 g/mol. The van der Waals surface area contributed by atoms with Crippen molar-refractivity contribution in [2.24, 2.45) is 0 Å². The van der Waals surface area contributed by atoms with Gasteiger partial charge in [-0.15, -0.1) is 0 Å². The minimum Gasteiger partial charge on any atom is -0.385 e. The number of nitrogens with zero attached hydrogens (tertiary/aromatic N) is 1. The quantitative estimate of drug-likeness (QED) is 0.368. The molecule has 0 bridgehead atoms. The van der Waals surface area contributed by atoms with Crippen molar-refractivity contribution in [2.75, 3.05) is 20.3 Å². The number of unbranched alkanes of at least 4 members (excludes halogenated alkanes) is 1. The van der Waals surface area contributed by atoms with Gasteiger partial charge in [-0.1, -0.05) is 0 Å². The van der Waals surface area contributed by atoms with Crippen molar-refractivity contribution in [1.29, 1.82) is 0 Å². The number of ether oxygens (including phenoxy) is 1. The minimum absolute atomic E-state index is 0.264. The van der Waals surface area contributed by atoms with Crippen LogP contribution >= 0.6 is 0 Å². The highest BCUT2D eigenvalue weighted by Gasteiger charge is 2.35. The first-order valence-corrected chi connectivity index (χ1v) is 4.32. The largest absolute Gasteiger partial charge is 0.385 e. The summed E-state index contributed by atoms with van der Waals surface area (Å²) >= 11 is 0. The lowest BCUT2D eigenvalue weighted by atomic mass is 10.3. The molecular weight excluding hydrogens is 188 g/mol. The van der Waals surface area contributed by atoms with Gasteiger partial charge in [-0.2, -0.15) is 0 Å². The molecule has 14 heavy (non-hydrogen) atoms. The number of hydrogen-bond acceptors (Lipinski definition) is 4. The van der Waals surface area contributed by atoms with Crippen LogP contribution in [-0.2, 0) is 14.3 Å². The molecule has 1 heterocycles.